The molecule has 2 aromatic rings. The van der Waals surface area contributed by atoms with Crippen LogP contribution in [0.1, 0.15) is 72.3 Å². The van der Waals surface area contributed by atoms with Gasteiger partial charge in [0.15, 0.2) is 5.78 Å². The Morgan fingerprint density at radius 3 is 2.50 bits per heavy atom. The van der Waals surface area contributed by atoms with Gasteiger partial charge in [0.2, 0.25) is 0 Å². The number of hydrogen-bond donors (Lipinski definition) is 2. The van der Waals surface area contributed by atoms with Crippen LogP contribution in [-0.4, -0.2) is 22.6 Å². The average molecular weight is 424 g/mol. The number of aliphatic carboxylic acids is 1. The number of carboxylic acid groups (broad SMARTS) is 1. The topological polar surface area (TPSA) is 80.4 Å². The first-order chi connectivity index (χ1) is 14.5. The maximum Gasteiger partial charge on any atom is 0.303 e. The summed E-state index contributed by atoms with van der Waals surface area (Å²) < 4.78 is 0. The molecule has 1 aliphatic rings. The first-order valence-corrected chi connectivity index (χ1v) is 11.6. The molecule has 0 spiro atoms. The minimum Gasteiger partial charge on any atom is -0.481 e. The highest BCUT2D eigenvalue weighted by Crippen LogP contribution is 2.33. The van der Waals surface area contributed by atoms with Gasteiger partial charge in [-0.3, -0.25) is 9.59 Å². The lowest BCUT2D eigenvalue weighted by Gasteiger charge is -2.21. The van der Waals surface area contributed by atoms with Crippen molar-refractivity contribution in [1.82, 2.24) is 0 Å². The molecule has 0 atom stereocenters. The van der Waals surface area contributed by atoms with Crippen molar-refractivity contribution < 1.29 is 14.7 Å². The highest BCUT2D eigenvalue weighted by Gasteiger charge is 2.15. The smallest absolute Gasteiger partial charge is 0.303 e. The van der Waals surface area contributed by atoms with Gasteiger partial charge in [0.1, 0.15) is 0 Å². The lowest BCUT2D eigenvalue weighted by molar-refractivity contribution is -0.137. The molecule has 1 aliphatic carbocycles. The van der Waals surface area contributed by atoms with Crippen molar-refractivity contribution in [1.29, 1.82) is 0 Å². The molecule has 3 rings (SSSR count). The van der Waals surface area contributed by atoms with Gasteiger partial charge in [-0.2, -0.15) is 0 Å². The molecule has 0 saturated heterocycles. The zero-order valence-electron chi connectivity index (χ0n) is 17.2. The standard InChI is InChI=1S/C25H29NO3S/c26-21-8-4-9-23(30-17-5-10-24(28)29)25(21)22(27)16-13-18-11-14-20(15-12-18)19-6-2-1-3-7-19/h4,8-9,11-16,19H,1-3,5-7,10,17,26H2,(H,28,29). The fourth-order valence-electron chi connectivity index (χ4n) is 3.91. The Morgan fingerprint density at radius 1 is 1.07 bits per heavy atom. The molecule has 3 N–H and O–H groups in total. The van der Waals surface area contributed by atoms with E-state index in [1.807, 2.05) is 18.2 Å². The van der Waals surface area contributed by atoms with Crippen molar-refractivity contribution >= 4 is 35.3 Å². The van der Waals surface area contributed by atoms with Crippen molar-refractivity contribution in [2.45, 2.75) is 55.8 Å². The van der Waals surface area contributed by atoms with E-state index in [4.69, 9.17) is 10.8 Å². The van der Waals surface area contributed by atoms with Gasteiger partial charge in [0.25, 0.3) is 0 Å². The molecule has 0 unspecified atom stereocenters. The van der Waals surface area contributed by atoms with Gasteiger partial charge in [0.05, 0.1) is 5.56 Å². The number of carbonyl (C=O) groups is 2. The fourth-order valence-corrected chi connectivity index (χ4v) is 4.95. The second-order valence-corrected chi connectivity index (χ2v) is 8.90. The van der Waals surface area contributed by atoms with E-state index in [1.165, 1.54) is 49.4 Å². The molecule has 0 aromatic heterocycles. The number of nitrogen functional groups attached to an aromatic ring is 1. The molecule has 0 heterocycles. The van der Waals surface area contributed by atoms with Crippen LogP contribution in [0.15, 0.2) is 53.4 Å². The third kappa shape index (κ3) is 6.23. The van der Waals surface area contributed by atoms with E-state index in [0.29, 0.717) is 29.3 Å². The molecule has 2 aromatic carbocycles. The van der Waals surface area contributed by atoms with E-state index in [2.05, 4.69) is 24.3 Å². The van der Waals surface area contributed by atoms with Crippen LogP contribution >= 0.6 is 11.8 Å². The summed E-state index contributed by atoms with van der Waals surface area (Å²) in [6.45, 7) is 0. The molecule has 0 radical (unpaired) electrons. The predicted octanol–water partition coefficient (Wildman–Crippen LogP) is 6.17. The van der Waals surface area contributed by atoms with Gasteiger partial charge in [-0.25, -0.2) is 0 Å². The average Bonchev–Trinajstić information content (AvgIpc) is 2.76. The maximum absolute atomic E-state index is 12.8. The van der Waals surface area contributed by atoms with Crippen LogP contribution in [0.3, 0.4) is 0 Å². The second-order valence-electron chi connectivity index (χ2n) is 7.77. The van der Waals surface area contributed by atoms with Gasteiger partial charge in [-0.1, -0.05) is 55.7 Å². The highest BCUT2D eigenvalue weighted by molar-refractivity contribution is 7.99. The summed E-state index contributed by atoms with van der Waals surface area (Å²) in [5.41, 5.74) is 9.41. The summed E-state index contributed by atoms with van der Waals surface area (Å²) in [4.78, 5) is 24.3. The van der Waals surface area contributed by atoms with E-state index >= 15 is 0 Å². The number of hydrogen-bond acceptors (Lipinski definition) is 4. The maximum atomic E-state index is 12.8. The minimum absolute atomic E-state index is 0.120. The molecule has 0 amide bonds. The Bertz CT molecular complexity index is 899. The Balaban J connectivity index is 1.66. The van der Waals surface area contributed by atoms with Crippen molar-refractivity contribution in [3.05, 3.63) is 65.2 Å². The number of anilines is 1. The van der Waals surface area contributed by atoms with Crippen molar-refractivity contribution in [3.8, 4) is 0 Å². The Labute approximate surface area is 182 Å². The molecule has 1 fully saturated rings. The molecular weight excluding hydrogens is 394 g/mol. The minimum atomic E-state index is -0.808. The number of thioether (sulfide) groups is 1. The zero-order chi connectivity index (χ0) is 21.3. The Morgan fingerprint density at radius 2 is 1.80 bits per heavy atom. The highest BCUT2D eigenvalue weighted by atomic mass is 32.2. The molecule has 5 heteroatoms. The molecule has 0 bridgehead atoms. The molecule has 30 heavy (non-hydrogen) atoms. The fraction of sp³-hybridized carbons (Fsp3) is 0.360. The van der Waals surface area contributed by atoms with Crippen molar-refractivity contribution in [2.24, 2.45) is 0 Å². The monoisotopic (exact) mass is 423 g/mol. The Kier molecular flexibility index (Phi) is 8.14. The number of benzene rings is 2. The van der Waals surface area contributed by atoms with Gasteiger partial charge in [0, 0.05) is 17.0 Å². The van der Waals surface area contributed by atoms with Crippen LogP contribution in [0.5, 0.6) is 0 Å². The van der Waals surface area contributed by atoms with Crippen LogP contribution in [0.25, 0.3) is 6.08 Å². The van der Waals surface area contributed by atoms with E-state index < -0.39 is 5.97 Å². The van der Waals surface area contributed by atoms with E-state index in [0.717, 1.165) is 10.5 Å². The largest absolute Gasteiger partial charge is 0.481 e. The number of carbonyl (C=O) groups excluding carboxylic acids is 1. The van der Waals surface area contributed by atoms with E-state index in [9.17, 15) is 9.59 Å². The summed E-state index contributed by atoms with van der Waals surface area (Å²) >= 11 is 1.47. The number of carboxylic acids is 1. The summed E-state index contributed by atoms with van der Waals surface area (Å²) in [6, 6.07) is 13.9. The lowest BCUT2D eigenvalue weighted by atomic mass is 9.84. The van der Waals surface area contributed by atoms with E-state index in [-0.39, 0.29) is 12.2 Å². The molecule has 1 saturated carbocycles. The first kappa shape index (κ1) is 22.2. The van der Waals surface area contributed by atoms with Gasteiger partial charge in [-0.05, 0) is 60.3 Å². The SMILES string of the molecule is Nc1cccc(SCCCC(=O)O)c1C(=O)C=Cc1ccc(C2CCCCC2)cc1. The van der Waals surface area contributed by atoms with Crippen LogP contribution < -0.4 is 5.73 Å². The summed E-state index contributed by atoms with van der Waals surface area (Å²) in [5, 5.41) is 8.77. The number of allylic oxidation sites excluding steroid dienone is 1. The quantitative estimate of drug-likeness (QED) is 0.166. The van der Waals surface area contributed by atoms with Gasteiger partial charge >= 0.3 is 5.97 Å². The predicted molar refractivity (Wildman–Crippen MR) is 124 cm³/mol. The van der Waals surface area contributed by atoms with E-state index in [1.54, 1.807) is 12.1 Å². The molecule has 4 nitrogen and oxygen atoms in total. The van der Waals surface area contributed by atoms with Crippen LogP contribution in [0, 0.1) is 0 Å². The lowest BCUT2D eigenvalue weighted by Crippen LogP contribution is -2.04. The van der Waals surface area contributed by atoms with Crippen LogP contribution in [0.2, 0.25) is 0 Å². The molecule has 0 aliphatic heterocycles. The first-order valence-electron chi connectivity index (χ1n) is 10.6. The molecular formula is C25H29NO3S. The number of nitrogens with two attached hydrogens (primary N) is 1. The number of rotatable bonds is 9. The van der Waals surface area contributed by atoms with Crippen LogP contribution in [0.4, 0.5) is 5.69 Å². The summed E-state index contributed by atoms with van der Waals surface area (Å²) in [5.74, 6) is 0.355. The van der Waals surface area contributed by atoms with Crippen LogP contribution in [-0.2, 0) is 4.79 Å². The van der Waals surface area contributed by atoms with Gasteiger partial charge < -0.3 is 10.8 Å². The number of ketones is 1. The Hall–Kier alpha value is -2.53. The summed E-state index contributed by atoms with van der Waals surface area (Å²) in [7, 11) is 0. The second kappa shape index (κ2) is 11.0. The third-order valence-corrected chi connectivity index (χ3v) is 6.68. The molecule has 158 valence electrons. The van der Waals surface area contributed by atoms with Crippen molar-refractivity contribution in [3.63, 3.8) is 0 Å². The van der Waals surface area contributed by atoms with Gasteiger partial charge in [-0.15, -0.1) is 11.8 Å². The van der Waals surface area contributed by atoms with Crippen molar-refractivity contribution in [2.75, 3.05) is 11.5 Å². The third-order valence-electron chi connectivity index (χ3n) is 5.54. The summed E-state index contributed by atoms with van der Waals surface area (Å²) in [6.07, 6.45) is 10.6. The zero-order valence-corrected chi connectivity index (χ0v) is 18.0. The normalized spacial score (nSPS) is 14.8.